The third kappa shape index (κ3) is 4.54. The van der Waals surface area contributed by atoms with Crippen LogP contribution in [0.2, 0.25) is 0 Å². The Bertz CT molecular complexity index is 889. The van der Waals surface area contributed by atoms with Crippen LogP contribution < -0.4 is 0 Å². The zero-order chi connectivity index (χ0) is 20.6. The third-order valence-corrected chi connectivity index (χ3v) is 5.95. The number of fused-ring (bicyclic) bond motifs is 1. The highest BCUT2D eigenvalue weighted by Crippen LogP contribution is 2.29. The van der Waals surface area contributed by atoms with E-state index in [0.29, 0.717) is 19.7 Å². The minimum absolute atomic E-state index is 0.00885. The van der Waals surface area contributed by atoms with Crippen LogP contribution in [0, 0.1) is 12.8 Å². The molecule has 1 fully saturated rings. The first-order valence-electron chi connectivity index (χ1n) is 10.5. The van der Waals surface area contributed by atoms with Crippen molar-refractivity contribution in [1.82, 2.24) is 14.7 Å². The summed E-state index contributed by atoms with van der Waals surface area (Å²) in [6.45, 7) is 7.39. The number of amides is 1. The molecule has 6 nitrogen and oxygen atoms in total. The Morgan fingerprint density at radius 1 is 1.31 bits per heavy atom. The van der Waals surface area contributed by atoms with E-state index in [1.807, 2.05) is 43.5 Å². The molecular formula is C23H31N3O3. The number of ether oxygens (including phenoxy) is 2. The first-order chi connectivity index (χ1) is 13.8. The highest BCUT2D eigenvalue weighted by Gasteiger charge is 2.36. The van der Waals surface area contributed by atoms with Gasteiger partial charge in [0.15, 0.2) is 5.79 Å². The lowest BCUT2D eigenvalue weighted by atomic mass is 9.83. The predicted octanol–water partition coefficient (Wildman–Crippen LogP) is 3.01. The van der Waals surface area contributed by atoms with E-state index in [1.54, 1.807) is 0 Å². The Balaban J connectivity index is 1.52. The van der Waals surface area contributed by atoms with E-state index < -0.39 is 5.79 Å². The van der Waals surface area contributed by atoms with Crippen molar-refractivity contribution in [2.45, 2.75) is 58.5 Å². The number of hydrogen-bond acceptors (Lipinski definition) is 4. The van der Waals surface area contributed by atoms with Crippen LogP contribution in [0.5, 0.6) is 0 Å². The number of benzene rings is 1. The summed E-state index contributed by atoms with van der Waals surface area (Å²) in [5.74, 6) is -0.382. The van der Waals surface area contributed by atoms with Crippen LogP contribution in [-0.2, 0) is 40.7 Å². The lowest BCUT2D eigenvalue weighted by Gasteiger charge is -2.31. The summed E-state index contributed by atoms with van der Waals surface area (Å²) >= 11 is 0. The number of hydrogen-bond donors (Lipinski definition) is 0. The number of rotatable bonds is 5. The van der Waals surface area contributed by atoms with Gasteiger partial charge in [-0.1, -0.05) is 24.3 Å². The molecule has 0 unspecified atom stereocenters. The normalized spacial score (nSPS) is 23.0. The molecule has 1 saturated heterocycles. The van der Waals surface area contributed by atoms with Gasteiger partial charge in [0.1, 0.15) is 6.10 Å². The summed E-state index contributed by atoms with van der Waals surface area (Å²) in [5, 5.41) is 4.44. The number of aryl methyl sites for hydroxylation is 3. The summed E-state index contributed by atoms with van der Waals surface area (Å²) in [7, 11) is 1.93. The molecule has 4 rings (SSSR count). The first-order valence-corrected chi connectivity index (χ1v) is 10.5. The third-order valence-electron chi connectivity index (χ3n) is 5.95. The Morgan fingerprint density at radius 3 is 2.72 bits per heavy atom. The standard InChI is InChI=1S/C23H31N3O3/c1-16-11-20(25(4)24-16)13-26(14-21-15-28-23(2,3)29-21)22(27)19-10-9-17-7-5-6-8-18(17)12-19/h5-8,11,19,21H,9-10,12-15H2,1-4H3/t19-,21-/m1/s1. The van der Waals surface area contributed by atoms with Crippen molar-refractivity contribution in [1.29, 1.82) is 0 Å². The summed E-state index contributed by atoms with van der Waals surface area (Å²) in [6, 6.07) is 10.5. The second kappa shape index (κ2) is 7.92. The van der Waals surface area contributed by atoms with Gasteiger partial charge in [0.05, 0.1) is 24.5 Å². The van der Waals surface area contributed by atoms with Gasteiger partial charge in [0, 0.05) is 19.5 Å². The monoisotopic (exact) mass is 397 g/mol. The number of nitrogens with zero attached hydrogens (tertiary/aromatic N) is 3. The van der Waals surface area contributed by atoms with Gasteiger partial charge in [-0.15, -0.1) is 0 Å². The zero-order valence-corrected chi connectivity index (χ0v) is 17.9. The SMILES string of the molecule is Cc1cc(CN(C[C@@H]2COC(C)(C)O2)C(=O)[C@@H]2CCc3ccccc3C2)n(C)n1. The molecule has 156 valence electrons. The molecule has 0 N–H and O–H groups in total. The Morgan fingerprint density at radius 2 is 2.07 bits per heavy atom. The molecular weight excluding hydrogens is 366 g/mol. The molecule has 0 bridgehead atoms. The lowest BCUT2D eigenvalue weighted by molar-refractivity contribution is -0.149. The van der Waals surface area contributed by atoms with Crippen molar-refractivity contribution in [2.75, 3.05) is 13.2 Å². The summed E-state index contributed by atoms with van der Waals surface area (Å²) in [4.78, 5) is 15.5. The van der Waals surface area contributed by atoms with Crippen molar-refractivity contribution in [3.8, 4) is 0 Å². The largest absolute Gasteiger partial charge is 0.348 e. The van der Waals surface area contributed by atoms with E-state index in [-0.39, 0.29) is 17.9 Å². The maximum absolute atomic E-state index is 13.6. The molecule has 0 spiro atoms. The topological polar surface area (TPSA) is 56.6 Å². The molecule has 6 heteroatoms. The van der Waals surface area contributed by atoms with Crippen LogP contribution in [0.4, 0.5) is 0 Å². The van der Waals surface area contributed by atoms with Crippen molar-refractivity contribution in [3.05, 3.63) is 52.8 Å². The zero-order valence-electron chi connectivity index (χ0n) is 17.9. The van der Waals surface area contributed by atoms with E-state index in [2.05, 4.69) is 29.4 Å². The average molecular weight is 398 g/mol. The molecule has 0 saturated carbocycles. The number of carbonyl (C=O) groups excluding carboxylic acids is 1. The molecule has 1 amide bonds. The van der Waals surface area contributed by atoms with E-state index in [9.17, 15) is 4.79 Å². The minimum Gasteiger partial charge on any atom is -0.348 e. The minimum atomic E-state index is -0.591. The van der Waals surface area contributed by atoms with Crippen molar-refractivity contribution in [3.63, 3.8) is 0 Å². The average Bonchev–Trinajstić information content (AvgIpc) is 3.20. The summed E-state index contributed by atoms with van der Waals surface area (Å²) < 4.78 is 13.6. The fourth-order valence-corrected chi connectivity index (χ4v) is 4.51. The lowest BCUT2D eigenvalue weighted by Crippen LogP contribution is -2.43. The van der Waals surface area contributed by atoms with Gasteiger partial charge in [0.25, 0.3) is 0 Å². The maximum atomic E-state index is 13.6. The van der Waals surface area contributed by atoms with Gasteiger partial charge in [-0.25, -0.2) is 0 Å². The quantitative estimate of drug-likeness (QED) is 0.778. The number of carbonyl (C=O) groups is 1. The molecule has 0 radical (unpaired) electrons. The van der Waals surface area contributed by atoms with Gasteiger partial charge in [-0.05, 0) is 57.2 Å². The Hall–Kier alpha value is -2.18. The molecule has 29 heavy (non-hydrogen) atoms. The molecule has 2 heterocycles. The molecule has 2 aromatic rings. The van der Waals surface area contributed by atoms with Crippen molar-refractivity contribution >= 4 is 5.91 Å². The molecule has 1 aliphatic carbocycles. The number of aromatic nitrogens is 2. The van der Waals surface area contributed by atoms with E-state index in [0.717, 1.165) is 30.7 Å². The first kappa shape index (κ1) is 20.1. The van der Waals surface area contributed by atoms with Gasteiger partial charge in [-0.3, -0.25) is 9.48 Å². The molecule has 2 atom stereocenters. The second-order valence-corrected chi connectivity index (χ2v) is 8.78. The van der Waals surface area contributed by atoms with Gasteiger partial charge >= 0.3 is 0 Å². The van der Waals surface area contributed by atoms with Crippen molar-refractivity contribution in [2.24, 2.45) is 13.0 Å². The molecule has 1 aromatic carbocycles. The predicted molar refractivity (Wildman–Crippen MR) is 110 cm³/mol. The van der Waals surface area contributed by atoms with Crippen molar-refractivity contribution < 1.29 is 14.3 Å². The van der Waals surface area contributed by atoms with E-state index in [4.69, 9.17) is 9.47 Å². The molecule has 1 aromatic heterocycles. The van der Waals surface area contributed by atoms with Crippen LogP contribution >= 0.6 is 0 Å². The van der Waals surface area contributed by atoms with Gasteiger partial charge in [-0.2, -0.15) is 5.10 Å². The van der Waals surface area contributed by atoms with Crippen LogP contribution in [-0.4, -0.2) is 45.6 Å². The Labute approximate surface area is 172 Å². The second-order valence-electron chi connectivity index (χ2n) is 8.78. The summed E-state index contributed by atoms with van der Waals surface area (Å²) in [5.41, 5.74) is 4.67. The highest BCUT2D eigenvalue weighted by molar-refractivity contribution is 5.79. The van der Waals surface area contributed by atoms with E-state index >= 15 is 0 Å². The molecule has 1 aliphatic heterocycles. The van der Waals surface area contributed by atoms with Crippen LogP contribution in [0.1, 0.15) is 42.8 Å². The van der Waals surface area contributed by atoms with Crippen LogP contribution in [0.25, 0.3) is 0 Å². The van der Waals surface area contributed by atoms with Gasteiger partial charge in [0.2, 0.25) is 5.91 Å². The van der Waals surface area contributed by atoms with E-state index in [1.165, 1.54) is 11.1 Å². The molecule has 2 aliphatic rings. The highest BCUT2D eigenvalue weighted by atomic mass is 16.7. The Kier molecular flexibility index (Phi) is 5.49. The maximum Gasteiger partial charge on any atom is 0.226 e. The smallest absolute Gasteiger partial charge is 0.226 e. The summed E-state index contributed by atoms with van der Waals surface area (Å²) in [6.07, 6.45) is 2.55. The van der Waals surface area contributed by atoms with Crippen LogP contribution in [0.15, 0.2) is 30.3 Å². The van der Waals surface area contributed by atoms with Crippen LogP contribution in [0.3, 0.4) is 0 Å². The fraction of sp³-hybridized carbons (Fsp3) is 0.565. The fourth-order valence-electron chi connectivity index (χ4n) is 4.51. The van der Waals surface area contributed by atoms with Gasteiger partial charge < -0.3 is 14.4 Å².